The van der Waals surface area contributed by atoms with E-state index in [2.05, 4.69) is 11.2 Å². The maximum absolute atomic E-state index is 6.12. The van der Waals surface area contributed by atoms with Gasteiger partial charge >= 0.3 is 0 Å². The predicted octanol–water partition coefficient (Wildman–Crippen LogP) is 3.20. The molecule has 1 nitrogen and oxygen atoms in total. The number of nitrogens with one attached hydrogen (secondary N) is 1. The van der Waals surface area contributed by atoms with E-state index in [1.165, 1.54) is 11.1 Å². The fourth-order valence-electron chi connectivity index (χ4n) is 2.04. The Bertz CT molecular complexity index is 420. The lowest BCUT2D eigenvalue weighted by Gasteiger charge is -2.12. The molecule has 1 atom stereocenters. The van der Waals surface area contributed by atoms with Crippen molar-refractivity contribution in [3.05, 3.63) is 33.3 Å². The van der Waals surface area contributed by atoms with E-state index in [0.29, 0.717) is 17.6 Å². The second kappa shape index (κ2) is 4.45. The zero-order valence-corrected chi connectivity index (χ0v) is 9.70. The first-order valence-electron chi connectivity index (χ1n) is 4.87. The summed E-state index contributed by atoms with van der Waals surface area (Å²) in [5.74, 6) is 2.58. The zero-order chi connectivity index (χ0) is 10.8. The van der Waals surface area contributed by atoms with Gasteiger partial charge in [0.15, 0.2) is 0 Å². The van der Waals surface area contributed by atoms with Crippen LogP contribution in [0.5, 0.6) is 0 Å². The van der Waals surface area contributed by atoms with Crippen LogP contribution in [-0.2, 0) is 6.42 Å². The van der Waals surface area contributed by atoms with Crippen molar-refractivity contribution in [3.63, 3.8) is 0 Å². The standard InChI is InChI=1S/C12H11Cl2N/c1-2-5-15-12-4-3-9-10(12)6-8(13)7-11(9)14/h1,6-7,12,15H,3-5H2. The third-order valence-electron chi connectivity index (χ3n) is 2.70. The Kier molecular flexibility index (Phi) is 3.21. The maximum Gasteiger partial charge on any atom is 0.0578 e. The summed E-state index contributed by atoms with van der Waals surface area (Å²) in [6.45, 7) is 0.578. The summed E-state index contributed by atoms with van der Waals surface area (Å²) in [5, 5.41) is 4.74. The average molecular weight is 240 g/mol. The van der Waals surface area contributed by atoms with E-state index >= 15 is 0 Å². The largest absolute Gasteiger partial charge is 0.299 e. The Morgan fingerprint density at radius 2 is 2.27 bits per heavy atom. The molecule has 78 valence electrons. The Hall–Kier alpha value is -0.680. The highest BCUT2D eigenvalue weighted by atomic mass is 35.5. The lowest BCUT2D eigenvalue weighted by atomic mass is 10.1. The lowest BCUT2D eigenvalue weighted by molar-refractivity contribution is 0.568. The molecule has 1 N–H and O–H groups in total. The second-order valence-electron chi connectivity index (χ2n) is 3.63. The van der Waals surface area contributed by atoms with Crippen molar-refractivity contribution in [2.24, 2.45) is 0 Å². The van der Waals surface area contributed by atoms with Crippen LogP contribution in [-0.4, -0.2) is 6.54 Å². The number of hydrogen-bond acceptors (Lipinski definition) is 1. The molecule has 0 bridgehead atoms. The number of benzene rings is 1. The summed E-state index contributed by atoms with van der Waals surface area (Å²) >= 11 is 12.1. The molecule has 0 amide bonds. The van der Waals surface area contributed by atoms with E-state index in [0.717, 1.165) is 17.9 Å². The van der Waals surface area contributed by atoms with Crippen molar-refractivity contribution in [1.29, 1.82) is 0 Å². The van der Waals surface area contributed by atoms with Crippen LogP contribution in [0.1, 0.15) is 23.6 Å². The SMILES string of the molecule is C#CCNC1CCc2c(Cl)cc(Cl)cc21. The van der Waals surface area contributed by atoms with E-state index in [4.69, 9.17) is 29.6 Å². The summed E-state index contributed by atoms with van der Waals surface area (Å²) in [7, 11) is 0. The summed E-state index contributed by atoms with van der Waals surface area (Å²) < 4.78 is 0. The molecule has 0 saturated carbocycles. The van der Waals surface area contributed by atoms with Gasteiger partial charge in [0.1, 0.15) is 0 Å². The van der Waals surface area contributed by atoms with Crippen molar-refractivity contribution in [2.45, 2.75) is 18.9 Å². The van der Waals surface area contributed by atoms with Gasteiger partial charge in [-0.1, -0.05) is 29.1 Å². The van der Waals surface area contributed by atoms with E-state index in [1.54, 1.807) is 6.07 Å². The Balaban J connectivity index is 2.30. The molecule has 0 fully saturated rings. The first-order valence-corrected chi connectivity index (χ1v) is 5.62. The summed E-state index contributed by atoms with van der Waals surface area (Å²) in [4.78, 5) is 0. The molecule has 1 unspecified atom stereocenters. The third kappa shape index (κ3) is 2.13. The van der Waals surface area contributed by atoms with Crippen molar-refractivity contribution in [1.82, 2.24) is 5.32 Å². The van der Waals surface area contributed by atoms with Crippen LogP contribution in [0, 0.1) is 12.3 Å². The first kappa shape index (κ1) is 10.8. The van der Waals surface area contributed by atoms with E-state index in [1.807, 2.05) is 6.07 Å². The van der Waals surface area contributed by atoms with Crippen molar-refractivity contribution < 1.29 is 0 Å². The van der Waals surface area contributed by atoms with Gasteiger partial charge in [0, 0.05) is 16.1 Å². The maximum atomic E-state index is 6.12. The molecule has 0 aliphatic heterocycles. The number of halogens is 2. The van der Waals surface area contributed by atoms with Crippen LogP contribution in [0.2, 0.25) is 10.0 Å². The molecule has 0 saturated heterocycles. The van der Waals surface area contributed by atoms with Crippen LogP contribution in [0.15, 0.2) is 12.1 Å². The average Bonchev–Trinajstić information content (AvgIpc) is 2.58. The number of rotatable bonds is 2. The molecule has 15 heavy (non-hydrogen) atoms. The van der Waals surface area contributed by atoms with Gasteiger partial charge in [-0.3, -0.25) is 5.32 Å². The molecular weight excluding hydrogens is 229 g/mol. The quantitative estimate of drug-likeness (QED) is 0.782. The number of fused-ring (bicyclic) bond motifs is 1. The minimum absolute atomic E-state index is 0.298. The summed E-state index contributed by atoms with van der Waals surface area (Å²) in [5.41, 5.74) is 2.40. The van der Waals surface area contributed by atoms with Crippen molar-refractivity contribution in [3.8, 4) is 12.3 Å². The molecule has 1 aliphatic carbocycles. The fourth-order valence-corrected chi connectivity index (χ4v) is 2.64. The molecule has 1 aromatic carbocycles. The van der Waals surface area contributed by atoms with Gasteiger partial charge in [-0.15, -0.1) is 6.42 Å². The molecule has 1 aliphatic rings. The van der Waals surface area contributed by atoms with Gasteiger partial charge in [-0.2, -0.15) is 0 Å². The molecule has 1 aromatic rings. The van der Waals surface area contributed by atoms with Gasteiger partial charge in [0.25, 0.3) is 0 Å². The third-order valence-corrected chi connectivity index (χ3v) is 3.26. The van der Waals surface area contributed by atoms with E-state index in [9.17, 15) is 0 Å². The van der Waals surface area contributed by atoms with Crippen LogP contribution in [0.3, 0.4) is 0 Å². The smallest absolute Gasteiger partial charge is 0.0578 e. The summed E-state index contributed by atoms with van der Waals surface area (Å²) in [6.07, 6.45) is 7.25. The normalized spacial score (nSPS) is 18.6. The molecule has 3 heteroatoms. The molecule has 0 radical (unpaired) electrons. The highest BCUT2D eigenvalue weighted by Crippen LogP contribution is 2.37. The highest BCUT2D eigenvalue weighted by Gasteiger charge is 2.24. The van der Waals surface area contributed by atoms with Crippen LogP contribution >= 0.6 is 23.2 Å². The Morgan fingerprint density at radius 1 is 1.47 bits per heavy atom. The van der Waals surface area contributed by atoms with Gasteiger partial charge < -0.3 is 0 Å². The molecule has 0 heterocycles. The van der Waals surface area contributed by atoms with Gasteiger partial charge in [-0.05, 0) is 36.1 Å². The molecule has 0 aromatic heterocycles. The van der Waals surface area contributed by atoms with Gasteiger partial charge in [0.2, 0.25) is 0 Å². The number of hydrogen-bond donors (Lipinski definition) is 1. The molecular formula is C12H11Cl2N. The monoisotopic (exact) mass is 239 g/mol. The minimum atomic E-state index is 0.298. The van der Waals surface area contributed by atoms with Crippen molar-refractivity contribution in [2.75, 3.05) is 6.54 Å². The van der Waals surface area contributed by atoms with Gasteiger partial charge in [-0.25, -0.2) is 0 Å². The Morgan fingerprint density at radius 3 is 3.00 bits per heavy atom. The second-order valence-corrected chi connectivity index (χ2v) is 4.48. The first-order chi connectivity index (χ1) is 7.22. The number of terminal acetylenes is 1. The van der Waals surface area contributed by atoms with Crippen LogP contribution < -0.4 is 5.32 Å². The topological polar surface area (TPSA) is 12.0 Å². The van der Waals surface area contributed by atoms with Crippen molar-refractivity contribution >= 4 is 23.2 Å². The summed E-state index contributed by atoms with van der Waals surface area (Å²) in [6, 6.07) is 4.07. The van der Waals surface area contributed by atoms with Gasteiger partial charge in [0.05, 0.1) is 6.54 Å². The minimum Gasteiger partial charge on any atom is -0.299 e. The van der Waals surface area contributed by atoms with Crippen LogP contribution in [0.25, 0.3) is 0 Å². The van der Waals surface area contributed by atoms with E-state index in [-0.39, 0.29) is 0 Å². The predicted molar refractivity (Wildman–Crippen MR) is 64.4 cm³/mol. The Labute approximate surface area is 99.8 Å². The lowest BCUT2D eigenvalue weighted by Crippen LogP contribution is -2.19. The van der Waals surface area contributed by atoms with E-state index < -0.39 is 0 Å². The fraction of sp³-hybridized carbons (Fsp3) is 0.333. The molecule has 2 rings (SSSR count). The molecule has 0 spiro atoms. The van der Waals surface area contributed by atoms with Crippen LogP contribution in [0.4, 0.5) is 0 Å². The zero-order valence-electron chi connectivity index (χ0n) is 8.19. The highest BCUT2D eigenvalue weighted by molar-refractivity contribution is 6.35.